The van der Waals surface area contributed by atoms with E-state index in [4.69, 9.17) is 33.8 Å². The first kappa shape index (κ1) is 48.1. The summed E-state index contributed by atoms with van der Waals surface area (Å²) in [6, 6.07) is 15.6. The van der Waals surface area contributed by atoms with E-state index in [1.54, 1.807) is 0 Å². The molecule has 3 rings (SSSR count). The number of rotatable bonds is 2. The Hall–Kier alpha value is -0.437. The Morgan fingerprint density at radius 1 is 0.484 bits per heavy atom. The normalized spacial score (nSPS) is 8.77. The standard InChI is InChI=1S/C14H10N2.2C2H8N2.3BrH.3H2O.Rh/c15-13-11-7-3-1-5-9(11)10-6-2-4-8-12(10)14(13)16;2*3-1-2-4;;;;;;;/h1-8,15-16H;2*1-4H2;3*1H;3*1H2;/q;;;;;;;;;+3/p-3. The van der Waals surface area contributed by atoms with Gasteiger partial charge in [-0.15, -0.1) is 0 Å². The molecule has 0 spiro atoms. The van der Waals surface area contributed by atoms with Crippen LogP contribution >= 0.6 is 0 Å². The van der Waals surface area contributed by atoms with Crippen molar-refractivity contribution in [2.24, 2.45) is 22.9 Å². The van der Waals surface area contributed by atoms with Gasteiger partial charge in [-0.05, 0) is 11.1 Å². The molecule has 31 heavy (non-hydrogen) atoms. The molecule has 0 saturated carbocycles. The second kappa shape index (κ2) is 27.6. The summed E-state index contributed by atoms with van der Waals surface area (Å²) in [7, 11) is 0. The van der Waals surface area contributed by atoms with Crippen molar-refractivity contribution in [1.29, 1.82) is 10.8 Å². The smallest absolute Gasteiger partial charge is 1.00 e. The molecular weight excluding hydrogens is 691 g/mol. The van der Waals surface area contributed by atoms with Crippen molar-refractivity contribution in [1.82, 2.24) is 0 Å². The molecule has 16 N–H and O–H groups in total. The van der Waals surface area contributed by atoms with Gasteiger partial charge in [-0.25, -0.2) is 0 Å². The van der Waals surface area contributed by atoms with Crippen LogP contribution in [0.5, 0.6) is 0 Å². The van der Waals surface area contributed by atoms with Crippen LogP contribution in [0.15, 0.2) is 48.5 Å². The van der Waals surface area contributed by atoms with Crippen molar-refractivity contribution in [3.8, 4) is 11.1 Å². The second-order valence-corrected chi connectivity index (χ2v) is 5.00. The minimum Gasteiger partial charge on any atom is -1.00 e. The number of hydrogen-bond donors (Lipinski definition) is 6. The molecular formula is C18H32Br3N6O3Rh. The molecule has 0 saturated heterocycles. The Kier molecular flexibility index (Phi) is 42.8. The summed E-state index contributed by atoms with van der Waals surface area (Å²) in [6.07, 6.45) is 0. The summed E-state index contributed by atoms with van der Waals surface area (Å²) in [6.45, 7) is 2.39. The van der Waals surface area contributed by atoms with Crippen LogP contribution in [0.3, 0.4) is 0 Å². The molecule has 1 aliphatic rings. The van der Waals surface area contributed by atoms with E-state index in [1.807, 2.05) is 48.5 Å². The van der Waals surface area contributed by atoms with E-state index in [2.05, 4.69) is 0 Å². The summed E-state index contributed by atoms with van der Waals surface area (Å²) < 4.78 is 0. The fourth-order valence-electron chi connectivity index (χ4n) is 2.14. The van der Waals surface area contributed by atoms with Gasteiger partial charge in [0, 0.05) is 37.3 Å². The molecule has 0 heterocycles. The first-order valence-electron chi connectivity index (χ1n) is 7.79. The summed E-state index contributed by atoms with van der Waals surface area (Å²) in [5, 5.41) is 16.0. The summed E-state index contributed by atoms with van der Waals surface area (Å²) in [5.41, 5.74) is 24.1. The van der Waals surface area contributed by atoms with Gasteiger partial charge in [0.15, 0.2) is 0 Å². The van der Waals surface area contributed by atoms with Gasteiger partial charge >= 0.3 is 19.5 Å². The molecule has 0 fully saturated rings. The van der Waals surface area contributed by atoms with Crippen LogP contribution < -0.4 is 73.9 Å². The first-order valence-corrected chi connectivity index (χ1v) is 7.79. The average molecular weight is 723 g/mol. The largest absolute Gasteiger partial charge is 3.00 e. The summed E-state index contributed by atoms with van der Waals surface area (Å²) in [5.74, 6) is 0. The van der Waals surface area contributed by atoms with E-state index in [0.717, 1.165) is 22.3 Å². The van der Waals surface area contributed by atoms with Crippen LogP contribution in [0, 0.1) is 10.8 Å². The van der Waals surface area contributed by atoms with E-state index in [9.17, 15) is 0 Å². The minimum atomic E-state index is 0. The van der Waals surface area contributed by atoms with E-state index in [1.165, 1.54) is 0 Å². The molecule has 2 aromatic rings. The second-order valence-electron chi connectivity index (χ2n) is 5.00. The monoisotopic (exact) mass is 720 g/mol. The van der Waals surface area contributed by atoms with Crippen molar-refractivity contribution in [2.45, 2.75) is 0 Å². The molecule has 0 aliphatic heterocycles. The molecule has 13 heteroatoms. The van der Waals surface area contributed by atoms with E-state index in [-0.39, 0.29) is 86.9 Å². The van der Waals surface area contributed by atoms with Gasteiger partial charge in [-0.3, -0.25) is 10.8 Å². The summed E-state index contributed by atoms with van der Waals surface area (Å²) in [4.78, 5) is 0. The zero-order chi connectivity index (χ0) is 17.9. The van der Waals surface area contributed by atoms with Crippen molar-refractivity contribution in [2.75, 3.05) is 26.2 Å². The molecule has 0 unspecified atom stereocenters. The molecule has 0 aromatic heterocycles. The molecule has 2 aromatic carbocycles. The molecule has 1 aliphatic carbocycles. The van der Waals surface area contributed by atoms with Gasteiger partial charge < -0.3 is 90.3 Å². The van der Waals surface area contributed by atoms with Crippen LogP contribution in [0.4, 0.5) is 0 Å². The molecule has 9 nitrogen and oxygen atoms in total. The van der Waals surface area contributed by atoms with Crippen LogP contribution in [-0.2, 0) is 19.5 Å². The summed E-state index contributed by atoms with van der Waals surface area (Å²) >= 11 is 0. The number of benzene rings is 2. The average Bonchev–Trinajstić information content (AvgIpc) is 2.66. The maximum atomic E-state index is 7.98. The van der Waals surface area contributed by atoms with E-state index in [0.29, 0.717) is 37.6 Å². The Labute approximate surface area is 227 Å². The quantitative estimate of drug-likeness (QED) is 0.165. The van der Waals surface area contributed by atoms with Gasteiger partial charge in [0.25, 0.3) is 0 Å². The number of fused-ring (bicyclic) bond motifs is 3. The SMILES string of the molecule is N=C1C(=N)c2ccccc2-c2ccccc21.NCCN.NCCN.O.O.O.[Br-].[Br-].[Br-].[Rh+3]. The predicted octanol–water partition coefficient (Wildman–Crippen LogP) is -10.6. The van der Waals surface area contributed by atoms with Gasteiger partial charge in [0.2, 0.25) is 0 Å². The number of hydrogen-bond acceptors (Lipinski definition) is 6. The maximum absolute atomic E-state index is 7.98. The molecule has 0 radical (unpaired) electrons. The molecule has 0 atom stereocenters. The number of nitrogens with two attached hydrogens (primary N) is 4. The van der Waals surface area contributed by atoms with Crippen LogP contribution in [0.25, 0.3) is 11.1 Å². The van der Waals surface area contributed by atoms with Gasteiger partial charge in [-0.2, -0.15) is 0 Å². The van der Waals surface area contributed by atoms with Crippen molar-refractivity contribution < 1.29 is 86.9 Å². The van der Waals surface area contributed by atoms with Crippen LogP contribution in [0.1, 0.15) is 11.1 Å². The topological polar surface area (TPSA) is 246 Å². The third-order valence-corrected chi connectivity index (χ3v) is 3.27. The third kappa shape index (κ3) is 14.3. The molecule has 0 bridgehead atoms. The van der Waals surface area contributed by atoms with Crippen molar-refractivity contribution in [3.63, 3.8) is 0 Å². The fourth-order valence-corrected chi connectivity index (χ4v) is 2.14. The predicted molar refractivity (Wildman–Crippen MR) is 113 cm³/mol. The van der Waals surface area contributed by atoms with Gasteiger partial charge in [0.1, 0.15) is 0 Å². The van der Waals surface area contributed by atoms with Crippen LogP contribution in [0.2, 0.25) is 0 Å². The van der Waals surface area contributed by atoms with E-state index >= 15 is 0 Å². The van der Waals surface area contributed by atoms with Gasteiger partial charge in [0.05, 0.1) is 11.4 Å². The molecule has 182 valence electrons. The minimum absolute atomic E-state index is 0. The van der Waals surface area contributed by atoms with Crippen molar-refractivity contribution >= 4 is 11.4 Å². The zero-order valence-electron chi connectivity index (χ0n) is 16.7. The maximum Gasteiger partial charge on any atom is 3.00 e. The number of halogens is 3. The zero-order valence-corrected chi connectivity index (χ0v) is 23.1. The number of nitrogens with one attached hydrogen (secondary N) is 2. The van der Waals surface area contributed by atoms with Crippen molar-refractivity contribution in [3.05, 3.63) is 59.7 Å². The van der Waals surface area contributed by atoms with Crippen LogP contribution in [-0.4, -0.2) is 54.0 Å². The Balaban J connectivity index is -0.0000000683. The fraction of sp³-hybridized carbons (Fsp3) is 0.222. The molecule has 0 amide bonds. The Bertz CT molecular complexity index is 651. The van der Waals surface area contributed by atoms with E-state index < -0.39 is 0 Å². The Morgan fingerprint density at radius 3 is 0.871 bits per heavy atom. The third-order valence-electron chi connectivity index (χ3n) is 3.27. The van der Waals surface area contributed by atoms with Gasteiger partial charge in [-0.1, -0.05) is 48.5 Å². The Morgan fingerprint density at radius 2 is 0.677 bits per heavy atom. The first-order chi connectivity index (χ1) is 11.6.